The van der Waals surface area contributed by atoms with Gasteiger partial charge in [0.25, 0.3) is 0 Å². The van der Waals surface area contributed by atoms with Gasteiger partial charge in [-0.05, 0) is 30.7 Å². The third-order valence-corrected chi connectivity index (χ3v) is 7.24. The van der Waals surface area contributed by atoms with Gasteiger partial charge in [0.2, 0.25) is 5.88 Å². The first-order valence-electron chi connectivity index (χ1n) is 12.2. The topological polar surface area (TPSA) is 74.0 Å². The maximum Gasteiger partial charge on any atom is 0.431 e. The van der Waals surface area contributed by atoms with Gasteiger partial charge in [0.05, 0.1) is 48.2 Å². The second kappa shape index (κ2) is 11.1. The molecular formula is C26H29ClF3N5O2. The molecule has 1 aromatic carbocycles. The van der Waals surface area contributed by atoms with Crippen LogP contribution in [0, 0.1) is 23.2 Å². The highest BCUT2D eigenvalue weighted by Crippen LogP contribution is 2.39. The molecule has 7 nitrogen and oxygen atoms in total. The maximum atomic E-state index is 13.6. The lowest BCUT2D eigenvalue weighted by Crippen LogP contribution is -2.44. The third kappa shape index (κ3) is 5.72. The fourth-order valence-corrected chi connectivity index (χ4v) is 5.28. The second-order valence-corrected chi connectivity index (χ2v) is 9.72. The summed E-state index contributed by atoms with van der Waals surface area (Å²) >= 11 is 6.37. The van der Waals surface area contributed by atoms with Crippen LogP contribution in [-0.4, -0.2) is 49.2 Å². The van der Waals surface area contributed by atoms with Crippen LogP contribution in [0.25, 0.3) is 0 Å². The fraction of sp³-hybridized carbons (Fsp3) is 0.500. The van der Waals surface area contributed by atoms with Crippen LogP contribution in [0.5, 0.6) is 11.6 Å². The van der Waals surface area contributed by atoms with E-state index in [1.54, 1.807) is 44.5 Å². The minimum absolute atomic E-state index is 0.0398. The third-order valence-electron chi connectivity index (χ3n) is 6.95. The number of rotatable bonds is 7. The number of halogens is 4. The van der Waals surface area contributed by atoms with Crippen LogP contribution in [0.1, 0.15) is 33.1 Å². The zero-order chi connectivity index (χ0) is 26.7. The van der Waals surface area contributed by atoms with E-state index >= 15 is 0 Å². The highest BCUT2D eigenvalue weighted by Gasteiger charge is 2.49. The van der Waals surface area contributed by atoms with Gasteiger partial charge >= 0.3 is 6.18 Å². The Labute approximate surface area is 219 Å². The standard InChI is InChI=1S/C26H29ClF3N5O2/c1-4-19-21(9-11-31)35(33-25(19)26(28,29)30)17-5-7-18(8-6-17)37-23-10-12-34(15-16(23)2)22-13-24(36-3)32-14-20(22)27/h5-8,13-14,16,19,21,23H,4,9-10,12,15H2,1-3H3. The van der Waals surface area contributed by atoms with E-state index in [4.69, 9.17) is 21.1 Å². The summed E-state index contributed by atoms with van der Waals surface area (Å²) in [6, 6.07) is 10.0. The monoisotopic (exact) mass is 535 g/mol. The predicted molar refractivity (Wildman–Crippen MR) is 136 cm³/mol. The van der Waals surface area contributed by atoms with Crippen molar-refractivity contribution in [3.8, 4) is 17.7 Å². The largest absolute Gasteiger partial charge is 0.490 e. The van der Waals surface area contributed by atoms with E-state index in [0.29, 0.717) is 22.3 Å². The Bertz CT molecular complexity index is 1170. The molecule has 0 spiro atoms. The number of alkyl halides is 3. The van der Waals surface area contributed by atoms with Crippen molar-refractivity contribution in [2.75, 3.05) is 30.1 Å². The van der Waals surface area contributed by atoms with Gasteiger partial charge in [-0.1, -0.05) is 25.4 Å². The molecule has 0 bridgehead atoms. The van der Waals surface area contributed by atoms with E-state index in [-0.39, 0.29) is 24.9 Å². The maximum absolute atomic E-state index is 13.6. The lowest BCUT2D eigenvalue weighted by atomic mass is 9.90. The summed E-state index contributed by atoms with van der Waals surface area (Å²) in [6.07, 6.45) is -2.04. The van der Waals surface area contributed by atoms with Crippen molar-refractivity contribution in [3.63, 3.8) is 0 Å². The lowest BCUT2D eigenvalue weighted by Gasteiger charge is -2.38. The van der Waals surface area contributed by atoms with Gasteiger partial charge in [-0.15, -0.1) is 0 Å². The number of piperidine rings is 1. The van der Waals surface area contributed by atoms with Gasteiger partial charge in [0.1, 0.15) is 17.6 Å². The first-order chi connectivity index (χ1) is 17.7. The Balaban J connectivity index is 1.45. The number of hydrogen-bond donors (Lipinski definition) is 0. The summed E-state index contributed by atoms with van der Waals surface area (Å²) in [5, 5.41) is 15.0. The van der Waals surface area contributed by atoms with Crippen molar-refractivity contribution in [3.05, 3.63) is 41.6 Å². The number of hydrogen-bond acceptors (Lipinski definition) is 7. The molecule has 1 aromatic heterocycles. The fourth-order valence-electron chi connectivity index (χ4n) is 5.05. The average Bonchev–Trinajstić information content (AvgIpc) is 3.25. The van der Waals surface area contributed by atoms with E-state index in [0.717, 1.165) is 25.2 Å². The Morgan fingerprint density at radius 2 is 1.97 bits per heavy atom. The minimum atomic E-state index is -4.54. The molecule has 2 aliphatic rings. The van der Waals surface area contributed by atoms with E-state index in [2.05, 4.69) is 21.9 Å². The molecule has 0 radical (unpaired) electrons. The summed E-state index contributed by atoms with van der Waals surface area (Å²) in [5.41, 5.74) is 0.530. The van der Waals surface area contributed by atoms with Crippen LogP contribution < -0.4 is 19.4 Å². The van der Waals surface area contributed by atoms with Crippen molar-refractivity contribution in [1.29, 1.82) is 5.26 Å². The highest BCUT2D eigenvalue weighted by molar-refractivity contribution is 6.33. The van der Waals surface area contributed by atoms with Gasteiger partial charge in [0, 0.05) is 37.4 Å². The molecule has 11 heteroatoms. The zero-order valence-electron chi connectivity index (χ0n) is 20.9. The summed E-state index contributed by atoms with van der Waals surface area (Å²) in [4.78, 5) is 6.31. The van der Waals surface area contributed by atoms with Gasteiger partial charge in [0.15, 0.2) is 0 Å². The molecule has 0 amide bonds. The molecule has 2 aliphatic heterocycles. The Morgan fingerprint density at radius 3 is 2.57 bits per heavy atom. The summed E-state index contributed by atoms with van der Waals surface area (Å²) in [7, 11) is 1.56. The molecule has 4 unspecified atom stereocenters. The van der Waals surface area contributed by atoms with E-state index in [9.17, 15) is 18.4 Å². The zero-order valence-corrected chi connectivity index (χ0v) is 21.6. The number of hydrazone groups is 1. The number of nitriles is 1. The highest BCUT2D eigenvalue weighted by atomic mass is 35.5. The second-order valence-electron chi connectivity index (χ2n) is 9.31. The van der Waals surface area contributed by atoms with Crippen LogP contribution in [0.3, 0.4) is 0 Å². The molecule has 4 rings (SSSR count). The Hall–Kier alpha value is -3.19. The number of benzene rings is 1. The van der Waals surface area contributed by atoms with Crippen LogP contribution in [0.15, 0.2) is 41.6 Å². The molecule has 198 valence electrons. The van der Waals surface area contributed by atoms with E-state index in [1.807, 2.05) is 12.1 Å². The van der Waals surface area contributed by atoms with Crippen LogP contribution in [0.4, 0.5) is 24.5 Å². The average molecular weight is 536 g/mol. The Kier molecular flexibility index (Phi) is 8.02. The SMILES string of the molecule is CCC1C(C(F)(F)F)=NN(c2ccc(OC3CCN(c4cc(OC)ncc4Cl)CC3C)cc2)C1CC#N. The van der Waals surface area contributed by atoms with Crippen molar-refractivity contribution < 1.29 is 22.6 Å². The molecule has 1 saturated heterocycles. The normalized spacial score (nSPS) is 24.0. The van der Waals surface area contributed by atoms with E-state index in [1.165, 1.54) is 5.01 Å². The predicted octanol–water partition coefficient (Wildman–Crippen LogP) is 6.08. The number of aromatic nitrogens is 1. The van der Waals surface area contributed by atoms with Crippen molar-refractivity contribution in [2.24, 2.45) is 16.9 Å². The molecule has 0 aliphatic carbocycles. The van der Waals surface area contributed by atoms with Gasteiger partial charge in [-0.3, -0.25) is 5.01 Å². The van der Waals surface area contributed by atoms with Crippen molar-refractivity contribution in [2.45, 2.75) is 51.4 Å². The van der Waals surface area contributed by atoms with Gasteiger partial charge in [-0.25, -0.2) is 4.98 Å². The molecular weight excluding hydrogens is 507 g/mol. The van der Waals surface area contributed by atoms with E-state index < -0.39 is 23.8 Å². The number of anilines is 2. The summed E-state index contributed by atoms with van der Waals surface area (Å²) < 4.78 is 52.2. The lowest BCUT2D eigenvalue weighted by molar-refractivity contribution is -0.0624. The molecule has 2 aromatic rings. The molecule has 37 heavy (non-hydrogen) atoms. The van der Waals surface area contributed by atoms with Gasteiger partial charge in [-0.2, -0.15) is 23.5 Å². The number of methoxy groups -OCH3 is 1. The quantitative estimate of drug-likeness (QED) is 0.427. The summed E-state index contributed by atoms with van der Waals surface area (Å²) in [6.45, 7) is 5.25. The first-order valence-corrected chi connectivity index (χ1v) is 12.6. The van der Waals surface area contributed by atoms with Crippen molar-refractivity contribution in [1.82, 2.24) is 4.98 Å². The number of nitrogens with zero attached hydrogens (tertiary/aromatic N) is 5. The molecule has 0 saturated carbocycles. The molecule has 3 heterocycles. The molecule has 1 fully saturated rings. The van der Waals surface area contributed by atoms with Crippen molar-refractivity contribution >= 4 is 28.7 Å². The van der Waals surface area contributed by atoms with Crippen LogP contribution in [0.2, 0.25) is 5.02 Å². The van der Waals surface area contributed by atoms with Crippen LogP contribution in [-0.2, 0) is 0 Å². The number of pyridine rings is 1. The minimum Gasteiger partial charge on any atom is -0.490 e. The van der Waals surface area contributed by atoms with Crippen LogP contribution >= 0.6 is 11.6 Å². The number of ether oxygens (including phenoxy) is 2. The first kappa shape index (κ1) is 26.9. The Morgan fingerprint density at radius 1 is 1.24 bits per heavy atom. The smallest absolute Gasteiger partial charge is 0.431 e. The van der Waals surface area contributed by atoms with Gasteiger partial charge < -0.3 is 14.4 Å². The molecule has 4 atom stereocenters. The molecule has 0 N–H and O–H groups in total. The summed E-state index contributed by atoms with van der Waals surface area (Å²) in [5.74, 6) is 0.459.